The maximum atomic E-state index is 5.92. The molecule has 1 aromatic rings. The average molecular weight is 251 g/mol. The van der Waals surface area contributed by atoms with Crippen molar-refractivity contribution in [1.29, 1.82) is 0 Å². The summed E-state index contributed by atoms with van der Waals surface area (Å²) in [4.78, 5) is 9.01. The normalized spacial score (nSPS) is 12.3. The van der Waals surface area contributed by atoms with Crippen molar-refractivity contribution in [2.45, 2.75) is 59.5 Å². The van der Waals surface area contributed by atoms with Crippen LogP contribution in [-0.2, 0) is 6.42 Å². The molecule has 0 aliphatic rings. The summed E-state index contributed by atoms with van der Waals surface area (Å²) in [5.74, 6) is 2.44. The van der Waals surface area contributed by atoms with Gasteiger partial charge in [-0.15, -0.1) is 0 Å². The van der Waals surface area contributed by atoms with Crippen molar-refractivity contribution < 1.29 is 4.74 Å². The standard InChI is InChI=1S/C14H25N3O/c1-6-8-10(3)18-14-11(4)13(15-5)16-12(17-14)9-7-2/h10H,6-9H2,1-5H3,(H,15,16,17). The Balaban J connectivity index is 2.96. The van der Waals surface area contributed by atoms with E-state index in [0.29, 0.717) is 0 Å². The number of aromatic nitrogens is 2. The van der Waals surface area contributed by atoms with E-state index in [-0.39, 0.29) is 6.10 Å². The summed E-state index contributed by atoms with van der Waals surface area (Å²) in [6.07, 6.45) is 4.28. The number of nitrogens with zero attached hydrogens (tertiary/aromatic N) is 2. The van der Waals surface area contributed by atoms with Crippen LogP contribution in [0.4, 0.5) is 5.82 Å². The fraction of sp³-hybridized carbons (Fsp3) is 0.714. The Morgan fingerprint density at radius 1 is 1.22 bits per heavy atom. The fourth-order valence-electron chi connectivity index (χ4n) is 1.89. The van der Waals surface area contributed by atoms with Crippen molar-refractivity contribution in [3.8, 4) is 5.88 Å². The second kappa shape index (κ2) is 7.19. The Morgan fingerprint density at radius 2 is 1.94 bits per heavy atom. The predicted molar refractivity (Wildman–Crippen MR) is 75.3 cm³/mol. The van der Waals surface area contributed by atoms with E-state index >= 15 is 0 Å². The van der Waals surface area contributed by atoms with E-state index in [1.165, 1.54) is 0 Å². The number of anilines is 1. The number of rotatable bonds is 7. The molecule has 0 radical (unpaired) electrons. The molecule has 0 aliphatic carbocycles. The Kier molecular flexibility index (Phi) is 5.89. The van der Waals surface area contributed by atoms with Gasteiger partial charge in [-0.3, -0.25) is 0 Å². The number of nitrogens with one attached hydrogen (secondary N) is 1. The summed E-state index contributed by atoms with van der Waals surface area (Å²) < 4.78 is 5.92. The molecular formula is C14H25N3O. The van der Waals surface area contributed by atoms with Crippen molar-refractivity contribution in [1.82, 2.24) is 9.97 Å². The molecule has 1 heterocycles. The molecule has 0 bridgehead atoms. The molecule has 1 atom stereocenters. The molecule has 1 rings (SSSR count). The molecule has 1 aromatic heterocycles. The third kappa shape index (κ3) is 3.86. The van der Waals surface area contributed by atoms with Gasteiger partial charge in [0, 0.05) is 13.5 Å². The smallest absolute Gasteiger partial charge is 0.222 e. The molecule has 18 heavy (non-hydrogen) atoms. The maximum Gasteiger partial charge on any atom is 0.222 e. The highest BCUT2D eigenvalue weighted by Crippen LogP contribution is 2.23. The second-order valence-electron chi connectivity index (χ2n) is 4.64. The SMILES string of the molecule is CCCc1nc(NC)c(C)c(OC(C)CCC)n1. The molecule has 4 heteroatoms. The van der Waals surface area contributed by atoms with Crippen LogP contribution in [0.5, 0.6) is 5.88 Å². The fourth-order valence-corrected chi connectivity index (χ4v) is 1.89. The summed E-state index contributed by atoms with van der Waals surface area (Å²) in [5, 5.41) is 3.11. The van der Waals surface area contributed by atoms with Gasteiger partial charge in [-0.25, -0.2) is 4.98 Å². The van der Waals surface area contributed by atoms with Crippen LogP contribution >= 0.6 is 0 Å². The first-order chi connectivity index (χ1) is 8.62. The number of hydrogen-bond donors (Lipinski definition) is 1. The number of hydrogen-bond acceptors (Lipinski definition) is 4. The molecule has 0 amide bonds. The Hall–Kier alpha value is -1.32. The zero-order valence-corrected chi connectivity index (χ0v) is 12.2. The topological polar surface area (TPSA) is 47.0 Å². The van der Waals surface area contributed by atoms with Crippen LogP contribution in [0, 0.1) is 6.92 Å². The highest BCUT2D eigenvalue weighted by atomic mass is 16.5. The second-order valence-corrected chi connectivity index (χ2v) is 4.64. The van der Waals surface area contributed by atoms with Gasteiger partial charge in [0.2, 0.25) is 5.88 Å². The van der Waals surface area contributed by atoms with Gasteiger partial charge in [-0.1, -0.05) is 20.3 Å². The van der Waals surface area contributed by atoms with E-state index < -0.39 is 0 Å². The van der Waals surface area contributed by atoms with E-state index in [2.05, 4.69) is 36.1 Å². The van der Waals surface area contributed by atoms with Crippen LogP contribution in [0.3, 0.4) is 0 Å². The van der Waals surface area contributed by atoms with Gasteiger partial charge in [-0.05, 0) is 26.7 Å². The largest absolute Gasteiger partial charge is 0.474 e. The van der Waals surface area contributed by atoms with Crippen LogP contribution in [0.2, 0.25) is 0 Å². The molecule has 0 saturated heterocycles. The van der Waals surface area contributed by atoms with E-state index in [0.717, 1.165) is 48.8 Å². The summed E-state index contributed by atoms with van der Waals surface area (Å²) in [6, 6.07) is 0. The highest BCUT2D eigenvalue weighted by molar-refractivity contribution is 5.48. The lowest BCUT2D eigenvalue weighted by Crippen LogP contribution is -2.15. The van der Waals surface area contributed by atoms with Crippen molar-refractivity contribution in [3.63, 3.8) is 0 Å². The predicted octanol–water partition coefficient (Wildman–Crippen LogP) is 3.35. The first-order valence-electron chi connectivity index (χ1n) is 6.84. The van der Waals surface area contributed by atoms with E-state index in [1.807, 2.05) is 14.0 Å². The Morgan fingerprint density at radius 3 is 2.50 bits per heavy atom. The lowest BCUT2D eigenvalue weighted by molar-refractivity contribution is 0.199. The van der Waals surface area contributed by atoms with Crippen molar-refractivity contribution >= 4 is 5.82 Å². The Bertz CT molecular complexity index is 380. The minimum absolute atomic E-state index is 0.197. The molecule has 0 fully saturated rings. The zero-order valence-electron chi connectivity index (χ0n) is 12.2. The van der Waals surface area contributed by atoms with Crippen molar-refractivity contribution in [2.75, 3.05) is 12.4 Å². The molecule has 0 aromatic carbocycles. The minimum atomic E-state index is 0.197. The quantitative estimate of drug-likeness (QED) is 0.807. The van der Waals surface area contributed by atoms with E-state index in [9.17, 15) is 0 Å². The van der Waals surface area contributed by atoms with Gasteiger partial charge in [0.15, 0.2) is 0 Å². The zero-order chi connectivity index (χ0) is 13.5. The van der Waals surface area contributed by atoms with E-state index in [4.69, 9.17) is 4.74 Å². The first-order valence-corrected chi connectivity index (χ1v) is 6.84. The van der Waals surface area contributed by atoms with Crippen molar-refractivity contribution in [3.05, 3.63) is 11.4 Å². The number of ether oxygens (including phenoxy) is 1. The molecule has 4 nitrogen and oxygen atoms in total. The third-order valence-electron chi connectivity index (χ3n) is 2.87. The van der Waals surface area contributed by atoms with Crippen LogP contribution < -0.4 is 10.1 Å². The Labute approximate surface area is 110 Å². The van der Waals surface area contributed by atoms with Crippen LogP contribution in [0.15, 0.2) is 0 Å². The highest BCUT2D eigenvalue weighted by Gasteiger charge is 2.13. The van der Waals surface area contributed by atoms with Gasteiger partial charge in [0.1, 0.15) is 11.6 Å². The lowest BCUT2D eigenvalue weighted by Gasteiger charge is -2.17. The average Bonchev–Trinajstić information content (AvgIpc) is 2.33. The molecule has 1 N–H and O–H groups in total. The van der Waals surface area contributed by atoms with Gasteiger partial charge >= 0.3 is 0 Å². The molecule has 0 spiro atoms. The molecule has 0 saturated carbocycles. The van der Waals surface area contributed by atoms with Crippen LogP contribution in [-0.4, -0.2) is 23.1 Å². The van der Waals surface area contributed by atoms with Gasteiger partial charge in [0.25, 0.3) is 0 Å². The molecule has 0 aliphatic heterocycles. The van der Waals surface area contributed by atoms with Crippen LogP contribution in [0.1, 0.15) is 51.4 Å². The molecule has 102 valence electrons. The van der Waals surface area contributed by atoms with Crippen LogP contribution in [0.25, 0.3) is 0 Å². The summed E-state index contributed by atoms with van der Waals surface area (Å²) in [7, 11) is 1.88. The first kappa shape index (κ1) is 14.7. The van der Waals surface area contributed by atoms with Gasteiger partial charge in [-0.2, -0.15) is 4.98 Å². The summed E-state index contributed by atoms with van der Waals surface area (Å²) >= 11 is 0. The van der Waals surface area contributed by atoms with Crippen molar-refractivity contribution in [2.24, 2.45) is 0 Å². The third-order valence-corrected chi connectivity index (χ3v) is 2.87. The number of aryl methyl sites for hydroxylation is 1. The minimum Gasteiger partial charge on any atom is -0.474 e. The lowest BCUT2D eigenvalue weighted by atomic mass is 10.2. The molecule has 1 unspecified atom stereocenters. The monoisotopic (exact) mass is 251 g/mol. The van der Waals surface area contributed by atoms with E-state index in [1.54, 1.807) is 0 Å². The van der Waals surface area contributed by atoms with Gasteiger partial charge in [0.05, 0.1) is 11.7 Å². The molecular weight excluding hydrogens is 226 g/mol. The summed E-state index contributed by atoms with van der Waals surface area (Å²) in [6.45, 7) is 8.37. The summed E-state index contributed by atoms with van der Waals surface area (Å²) in [5.41, 5.74) is 0.986. The maximum absolute atomic E-state index is 5.92. The van der Waals surface area contributed by atoms with Gasteiger partial charge < -0.3 is 10.1 Å².